The van der Waals surface area contributed by atoms with Crippen molar-refractivity contribution in [2.45, 2.75) is 39.2 Å². The maximum atomic E-state index is 12.8. The highest BCUT2D eigenvalue weighted by Crippen LogP contribution is 2.29. The molecule has 2 rings (SSSR count). The molecule has 0 unspecified atom stereocenters. The average molecular weight is 433 g/mol. The zero-order chi connectivity index (χ0) is 23.2. The van der Waals surface area contributed by atoms with Crippen molar-refractivity contribution in [1.82, 2.24) is 9.80 Å². The Labute approximate surface area is 183 Å². The minimum absolute atomic E-state index is 0.0602. The first-order valence-corrected chi connectivity index (χ1v) is 10.3. The second-order valence-electron chi connectivity index (χ2n) is 8.75. The van der Waals surface area contributed by atoms with Crippen LogP contribution >= 0.6 is 0 Å². The topological polar surface area (TPSA) is 99.3 Å². The number of esters is 1. The molecule has 9 heteroatoms. The van der Waals surface area contributed by atoms with Crippen molar-refractivity contribution in [3.8, 4) is 0 Å². The van der Waals surface area contributed by atoms with Gasteiger partial charge < -0.3 is 24.8 Å². The van der Waals surface area contributed by atoms with Gasteiger partial charge in [-0.05, 0) is 47.0 Å². The van der Waals surface area contributed by atoms with Crippen LogP contribution in [0.5, 0.6) is 0 Å². The van der Waals surface area contributed by atoms with E-state index in [2.05, 4.69) is 5.32 Å². The molecule has 0 fully saturated rings. The summed E-state index contributed by atoms with van der Waals surface area (Å²) in [5.74, 6) is -1.40. The van der Waals surface area contributed by atoms with Crippen molar-refractivity contribution in [3.63, 3.8) is 0 Å². The third kappa shape index (κ3) is 7.67. The van der Waals surface area contributed by atoms with Gasteiger partial charge >= 0.3 is 5.97 Å². The highest BCUT2D eigenvalue weighted by Gasteiger charge is 2.28. The molecule has 9 nitrogen and oxygen atoms in total. The first kappa shape index (κ1) is 24.3. The van der Waals surface area contributed by atoms with Crippen LogP contribution in [0.1, 0.15) is 33.6 Å². The molecule has 0 spiro atoms. The fourth-order valence-electron chi connectivity index (χ4n) is 3.10. The fourth-order valence-corrected chi connectivity index (χ4v) is 3.10. The number of anilines is 2. The van der Waals surface area contributed by atoms with E-state index in [0.717, 1.165) is 0 Å². The number of carbonyl (C=O) groups excluding carboxylic acids is 4. The number of hydrogen-bond acceptors (Lipinski definition) is 6. The summed E-state index contributed by atoms with van der Waals surface area (Å²) < 4.78 is 5.33. The number of ether oxygens (including phenoxy) is 1. The van der Waals surface area contributed by atoms with Gasteiger partial charge in [-0.15, -0.1) is 0 Å². The first-order chi connectivity index (χ1) is 14.5. The molecule has 31 heavy (non-hydrogen) atoms. The molecular weight excluding hydrogens is 400 g/mol. The molecule has 0 radical (unpaired) electrons. The second-order valence-corrected chi connectivity index (χ2v) is 8.75. The van der Waals surface area contributed by atoms with E-state index in [4.69, 9.17) is 4.74 Å². The molecular formula is C22H32N4O5. The van der Waals surface area contributed by atoms with Crippen LogP contribution in [0.25, 0.3) is 0 Å². The van der Waals surface area contributed by atoms with E-state index >= 15 is 0 Å². The summed E-state index contributed by atoms with van der Waals surface area (Å²) in [4.78, 5) is 54.5. The molecule has 1 heterocycles. The van der Waals surface area contributed by atoms with Gasteiger partial charge in [0.25, 0.3) is 0 Å². The monoisotopic (exact) mass is 432 g/mol. The first-order valence-electron chi connectivity index (χ1n) is 10.3. The van der Waals surface area contributed by atoms with E-state index in [1.165, 1.54) is 9.80 Å². The Kier molecular flexibility index (Phi) is 8.15. The smallest absolute Gasteiger partial charge is 0.326 e. The Morgan fingerprint density at radius 2 is 1.77 bits per heavy atom. The van der Waals surface area contributed by atoms with Crippen molar-refractivity contribution in [3.05, 3.63) is 24.3 Å². The number of carbonyl (C=O) groups is 4. The molecule has 0 aliphatic carbocycles. The van der Waals surface area contributed by atoms with Gasteiger partial charge in [-0.3, -0.25) is 19.2 Å². The lowest BCUT2D eigenvalue weighted by Crippen LogP contribution is -2.44. The zero-order valence-corrected chi connectivity index (χ0v) is 18.9. The lowest BCUT2D eigenvalue weighted by Gasteiger charge is -2.29. The minimum Gasteiger partial charge on any atom is -0.459 e. The Morgan fingerprint density at radius 1 is 1.10 bits per heavy atom. The van der Waals surface area contributed by atoms with E-state index in [-0.39, 0.29) is 43.7 Å². The number of fused-ring (bicyclic) bond motifs is 1. The molecule has 1 N–H and O–H groups in total. The van der Waals surface area contributed by atoms with E-state index in [0.29, 0.717) is 24.5 Å². The molecule has 0 saturated carbocycles. The zero-order valence-electron chi connectivity index (χ0n) is 18.9. The quantitative estimate of drug-likeness (QED) is 0.625. The standard InChI is InChI=1S/C22H32N4O5/c1-22(2,3)31-21(30)15-25(13-12-24(4)5)19(28)10-11-20(29)26-14-18(27)23-16-8-6-7-9-17(16)26/h6-9H,10-15H2,1-5H3,(H,23,27). The Balaban J connectivity index is 2.01. The van der Waals surface area contributed by atoms with Crippen molar-refractivity contribution >= 4 is 35.1 Å². The maximum absolute atomic E-state index is 12.8. The Bertz CT molecular complexity index is 831. The number of amides is 3. The van der Waals surface area contributed by atoms with Crippen LogP contribution in [0.3, 0.4) is 0 Å². The molecule has 0 saturated heterocycles. The summed E-state index contributed by atoms with van der Waals surface area (Å²) >= 11 is 0. The molecule has 1 aliphatic rings. The van der Waals surface area contributed by atoms with Crippen molar-refractivity contribution in [2.24, 2.45) is 0 Å². The molecule has 0 atom stereocenters. The van der Waals surface area contributed by atoms with Gasteiger partial charge in [0, 0.05) is 25.9 Å². The van der Waals surface area contributed by atoms with E-state index in [1.54, 1.807) is 45.0 Å². The van der Waals surface area contributed by atoms with Crippen LogP contribution in [0.2, 0.25) is 0 Å². The van der Waals surface area contributed by atoms with Crippen LogP contribution in [0.4, 0.5) is 11.4 Å². The predicted octanol–water partition coefficient (Wildman–Crippen LogP) is 1.48. The van der Waals surface area contributed by atoms with Gasteiger partial charge in [-0.25, -0.2) is 0 Å². The molecule has 1 aliphatic heterocycles. The largest absolute Gasteiger partial charge is 0.459 e. The van der Waals surface area contributed by atoms with Crippen LogP contribution < -0.4 is 10.2 Å². The Morgan fingerprint density at radius 3 is 2.42 bits per heavy atom. The summed E-state index contributed by atoms with van der Waals surface area (Å²) in [6, 6.07) is 7.03. The van der Waals surface area contributed by atoms with Crippen molar-refractivity contribution < 1.29 is 23.9 Å². The van der Waals surface area contributed by atoms with Gasteiger partial charge in [0.15, 0.2) is 0 Å². The van der Waals surface area contributed by atoms with E-state index in [9.17, 15) is 19.2 Å². The Hall–Kier alpha value is -2.94. The van der Waals surface area contributed by atoms with Gasteiger partial charge in [0.05, 0.1) is 11.4 Å². The molecule has 0 aromatic heterocycles. The van der Waals surface area contributed by atoms with Gasteiger partial charge in [0.1, 0.15) is 18.7 Å². The highest BCUT2D eigenvalue weighted by molar-refractivity contribution is 6.10. The summed E-state index contributed by atoms with van der Waals surface area (Å²) in [6.07, 6.45) is -0.122. The van der Waals surface area contributed by atoms with Gasteiger partial charge in [0.2, 0.25) is 17.7 Å². The van der Waals surface area contributed by atoms with Gasteiger partial charge in [-0.1, -0.05) is 12.1 Å². The lowest BCUT2D eigenvalue weighted by molar-refractivity contribution is -0.159. The normalized spacial score (nSPS) is 13.5. The highest BCUT2D eigenvalue weighted by atomic mass is 16.6. The molecule has 170 valence electrons. The molecule has 1 aromatic carbocycles. The van der Waals surface area contributed by atoms with Crippen molar-refractivity contribution in [1.29, 1.82) is 0 Å². The lowest BCUT2D eigenvalue weighted by atomic mass is 10.1. The molecule has 0 bridgehead atoms. The third-order valence-electron chi connectivity index (χ3n) is 4.53. The van der Waals surface area contributed by atoms with Crippen LogP contribution in [-0.2, 0) is 23.9 Å². The maximum Gasteiger partial charge on any atom is 0.326 e. The third-order valence-corrected chi connectivity index (χ3v) is 4.53. The summed E-state index contributed by atoms with van der Waals surface area (Å²) in [7, 11) is 3.75. The summed E-state index contributed by atoms with van der Waals surface area (Å²) in [5, 5.41) is 2.73. The fraction of sp³-hybridized carbons (Fsp3) is 0.545. The number of nitrogens with one attached hydrogen (secondary N) is 1. The summed E-state index contributed by atoms with van der Waals surface area (Å²) in [5.41, 5.74) is 0.527. The minimum atomic E-state index is -0.647. The number of para-hydroxylation sites is 2. The molecule has 1 aromatic rings. The summed E-state index contributed by atoms with van der Waals surface area (Å²) in [6.45, 7) is 5.95. The molecule has 3 amide bonds. The van der Waals surface area contributed by atoms with Crippen molar-refractivity contribution in [2.75, 3.05) is 50.5 Å². The van der Waals surface area contributed by atoms with Crippen LogP contribution in [0, 0.1) is 0 Å². The van der Waals surface area contributed by atoms with E-state index in [1.807, 2.05) is 19.0 Å². The van der Waals surface area contributed by atoms with Crippen LogP contribution in [-0.4, -0.2) is 79.4 Å². The average Bonchev–Trinajstić information content (AvgIpc) is 2.66. The number of likely N-dealkylation sites (N-methyl/N-ethyl adjacent to an activating group) is 1. The van der Waals surface area contributed by atoms with E-state index < -0.39 is 11.6 Å². The van der Waals surface area contributed by atoms with Crippen LogP contribution in [0.15, 0.2) is 24.3 Å². The predicted molar refractivity (Wildman–Crippen MR) is 118 cm³/mol. The number of nitrogens with zero attached hydrogens (tertiary/aromatic N) is 3. The number of hydrogen-bond donors (Lipinski definition) is 1. The van der Waals surface area contributed by atoms with Gasteiger partial charge in [-0.2, -0.15) is 0 Å². The second kappa shape index (κ2) is 10.4. The number of rotatable bonds is 8. The SMILES string of the molecule is CN(C)CCN(CC(=O)OC(C)(C)C)C(=O)CCC(=O)N1CC(=O)Nc2ccccc21. The number of benzene rings is 1.